The number of aliphatic imine (C=N–C) groups is 1. The number of carbonyl (C=O) groups excluding carboxylic acids is 2. The molecule has 2 aromatic carbocycles. The van der Waals surface area contributed by atoms with Crippen molar-refractivity contribution in [1.29, 1.82) is 0 Å². The number of nitrogens with zero attached hydrogens (tertiary/aromatic N) is 2. The van der Waals surface area contributed by atoms with Crippen LogP contribution < -0.4 is 22.9 Å². The predicted octanol–water partition coefficient (Wildman–Crippen LogP) is 3.43. The summed E-state index contributed by atoms with van der Waals surface area (Å²) in [7, 11) is 0. The molecule has 0 saturated heterocycles. The van der Waals surface area contributed by atoms with Gasteiger partial charge in [0.15, 0.2) is 5.96 Å². The number of nitrogens with two attached hydrogens (primary N) is 4. The van der Waals surface area contributed by atoms with Crippen molar-refractivity contribution in [2.45, 2.75) is 25.4 Å². The van der Waals surface area contributed by atoms with Crippen LogP contribution in [0.1, 0.15) is 28.8 Å². The third-order valence-corrected chi connectivity index (χ3v) is 5.92. The van der Waals surface area contributed by atoms with E-state index in [1.165, 1.54) is 23.1 Å². The lowest BCUT2D eigenvalue weighted by atomic mass is 10.0. The predicted molar refractivity (Wildman–Crippen MR) is 130 cm³/mol. The molecule has 0 aromatic heterocycles. The first-order valence-electron chi connectivity index (χ1n) is 9.35. The molecule has 0 aliphatic heterocycles. The van der Waals surface area contributed by atoms with Crippen molar-refractivity contribution in [1.82, 2.24) is 4.90 Å². The van der Waals surface area contributed by atoms with Gasteiger partial charge >= 0.3 is 0 Å². The number of nitrogen functional groups attached to an aromatic ring is 1. The molecule has 12 heteroatoms. The van der Waals surface area contributed by atoms with Crippen molar-refractivity contribution in [3.63, 3.8) is 0 Å². The second-order valence-corrected chi connectivity index (χ2v) is 8.53. The van der Waals surface area contributed by atoms with E-state index in [0.29, 0.717) is 12.0 Å². The molecule has 8 N–H and O–H groups in total. The van der Waals surface area contributed by atoms with Gasteiger partial charge in [0.2, 0.25) is 5.91 Å². The highest BCUT2D eigenvalue weighted by atomic mass is 35.5. The van der Waals surface area contributed by atoms with Crippen LogP contribution in [-0.2, 0) is 11.3 Å². The first-order chi connectivity index (χ1) is 15.0. The Hall–Kier alpha value is -2.39. The van der Waals surface area contributed by atoms with Gasteiger partial charge in [-0.3, -0.25) is 14.6 Å². The summed E-state index contributed by atoms with van der Waals surface area (Å²) in [6.07, 6.45) is 0.621. The molecule has 0 aliphatic rings. The van der Waals surface area contributed by atoms with Crippen molar-refractivity contribution in [3.8, 4) is 0 Å². The average molecular weight is 520 g/mol. The molecular weight excluding hydrogens is 498 g/mol. The van der Waals surface area contributed by atoms with Crippen LogP contribution in [0.3, 0.4) is 0 Å². The Labute approximate surface area is 205 Å². The van der Waals surface area contributed by atoms with Gasteiger partial charge in [-0.2, -0.15) is 0 Å². The van der Waals surface area contributed by atoms with E-state index in [4.69, 9.17) is 69.3 Å². The molecule has 2 aromatic rings. The average Bonchev–Trinajstić information content (AvgIpc) is 2.71. The van der Waals surface area contributed by atoms with Crippen molar-refractivity contribution in [2.75, 3.05) is 12.3 Å². The van der Waals surface area contributed by atoms with Crippen molar-refractivity contribution in [2.24, 2.45) is 22.2 Å². The van der Waals surface area contributed by atoms with Gasteiger partial charge in [-0.25, -0.2) is 0 Å². The largest absolute Gasteiger partial charge is 0.396 e. The number of carbonyl (C=O) groups is 2. The number of rotatable bonds is 9. The fourth-order valence-corrected chi connectivity index (χ4v) is 3.82. The monoisotopic (exact) mass is 518 g/mol. The Balaban J connectivity index is 2.43. The lowest BCUT2D eigenvalue weighted by molar-refractivity contribution is -0.122. The van der Waals surface area contributed by atoms with E-state index < -0.39 is 17.9 Å². The van der Waals surface area contributed by atoms with Crippen LogP contribution in [0.5, 0.6) is 0 Å². The summed E-state index contributed by atoms with van der Waals surface area (Å²) in [5, 5.41) is 0.922. The minimum absolute atomic E-state index is 0.0191. The smallest absolute Gasteiger partial charge is 0.254 e. The molecular formula is C20H22Cl4N6O2. The fourth-order valence-electron chi connectivity index (χ4n) is 2.99. The first kappa shape index (κ1) is 25.9. The van der Waals surface area contributed by atoms with Crippen LogP contribution in [0.2, 0.25) is 20.1 Å². The lowest BCUT2D eigenvalue weighted by Gasteiger charge is -2.30. The Bertz CT molecular complexity index is 1020. The second-order valence-electron chi connectivity index (χ2n) is 6.90. The zero-order chi connectivity index (χ0) is 24.0. The Morgan fingerprint density at radius 1 is 0.938 bits per heavy atom. The highest BCUT2D eigenvalue weighted by Crippen LogP contribution is 2.30. The van der Waals surface area contributed by atoms with Gasteiger partial charge in [0.25, 0.3) is 5.91 Å². The molecule has 0 saturated carbocycles. The highest BCUT2D eigenvalue weighted by molar-refractivity contribution is 6.42. The van der Waals surface area contributed by atoms with Gasteiger partial charge in [0.1, 0.15) is 6.04 Å². The van der Waals surface area contributed by atoms with Crippen molar-refractivity contribution in [3.05, 3.63) is 61.5 Å². The number of guanidine groups is 1. The zero-order valence-electron chi connectivity index (χ0n) is 16.8. The molecule has 0 heterocycles. The maximum absolute atomic E-state index is 13.4. The number of anilines is 1. The molecule has 8 nitrogen and oxygen atoms in total. The van der Waals surface area contributed by atoms with Crippen LogP contribution in [0.4, 0.5) is 5.69 Å². The molecule has 0 unspecified atom stereocenters. The lowest BCUT2D eigenvalue weighted by Crippen LogP contribution is -2.47. The van der Waals surface area contributed by atoms with E-state index in [1.54, 1.807) is 12.1 Å². The molecule has 0 fully saturated rings. The number of benzene rings is 2. The van der Waals surface area contributed by atoms with Gasteiger partial charge in [0.05, 0.1) is 25.8 Å². The molecule has 32 heavy (non-hydrogen) atoms. The fraction of sp³-hybridized carbons (Fsp3) is 0.250. The first-order valence-corrected chi connectivity index (χ1v) is 10.9. The topological polar surface area (TPSA) is 154 Å². The van der Waals surface area contributed by atoms with Crippen molar-refractivity contribution >= 4 is 69.9 Å². The number of primary amides is 1. The Morgan fingerprint density at radius 2 is 1.56 bits per heavy atom. The molecule has 0 radical (unpaired) electrons. The molecule has 0 bridgehead atoms. The summed E-state index contributed by atoms with van der Waals surface area (Å²) in [6.45, 7) is 0.245. The molecule has 2 rings (SSSR count). The summed E-state index contributed by atoms with van der Waals surface area (Å²) in [4.78, 5) is 30.9. The van der Waals surface area contributed by atoms with E-state index in [9.17, 15) is 9.59 Å². The summed E-state index contributed by atoms with van der Waals surface area (Å²) >= 11 is 24.3. The van der Waals surface area contributed by atoms with Crippen LogP contribution in [0, 0.1) is 0 Å². The number of amides is 2. The summed E-state index contributed by atoms with van der Waals surface area (Å²) < 4.78 is 0. The molecule has 172 valence electrons. The Kier molecular flexibility index (Phi) is 9.27. The van der Waals surface area contributed by atoms with Crippen LogP contribution >= 0.6 is 46.4 Å². The number of halogens is 4. The summed E-state index contributed by atoms with van der Waals surface area (Å²) in [5.74, 6) is -1.26. The van der Waals surface area contributed by atoms with Gasteiger partial charge in [-0.15, -0.1) is 0 Å². The van der Waals surface area contributed by atoms with E-state index in [1.807, 2.05) is 0 Å². The summed E-state index contributed by atoms with van der Waals surface area (Å²) in [6, 6.07) is 6.57. The molecule has 0 aliphatic carbocycles. The third kappa shape index (κ3) is 6.80. The minimum atomic E-state index is -0.971. The molecule has 2 amide bonds. The maximum Gasteiger partial charge on any atom is 0.254 e. The quantitative estimate of drug-likeness (QED) is 0.173. The normalized spacial score (nSPS) is 11.6. The van der Waals surface area contributed by atoms with E-state index in [-0.39, 0.29) is 56.8 Å². The highest BCUT2D eigenvalue weighted by Gasteiger charge is 2.29. The van der Waals surface area contributed by atoms with Crippen molar-refractivity contribution < 1.29 is 9.59 Å². The van der Waals surface area contributed by atoms with Gasteiger partial charge < -0.3 is 27.8 Å². The van der Waals surface area contributed by atoms with E-state index >= 15 is 0 Å². The second kappa shape index (κ2) is 11.5. The Morgan fingerprint density at radius 3 is 2.09 bits per heavy atom. The van der Waals surface area contributed by atoms with Gasteiger partial charge in [0, 0.05) is 18.7 Å². The zero-order valence-corrected chi connectivity index (χ0v) is 19.8. The number of hydrogen-bond acceptors (Lipinski definition) is 4. The molecule has 0 spiro atoms. The third-order valence-electron chi connectivity index (χ3n) is 4.55. The minimum Gasteiger partial charge on any atom is -0.396 e. The van der Waals surface area contributed by atoms with Crippen LogP contribution in [0.15, 0.2) is 35.3 Å². The van der Waals surface area contributed by atoms with E-state index in [0.717, 1.165) is 0 Å². The van der Waals surface area contributed by atoms with E-state index in [2.05, 4.69) is 4.99 Å². The van der Waals surface area contributed by atoms with Crippen LogP contribution in [-0.4, -0.2) is 35.3 Å². The standard InChI is InChI=1S/C20H22Cl4N6O2/c21-12-4-3-11(8-13(12)22)19(32)30(9-10-6-14(23)17(25)15(24)7-10)16(18(26)31)2-1-5-29-20(27)28/h3-4,6-8,16H,1-2,5,9,25H2,(H2,26,31)(H4,27,28,29)/t16-/m1/s1. The SMILES string of the molecule is NC(=O)[C@@H](CCCN=C(N)N)N(Cc1cc(Cl)c(N)c(Cl)c1)C(=O)c1ccc(Cl)c(Cl)c1. The number of hydrogen-bond donors (Lipinski definition) is 4. The maximum atomic E-state index is 13.4. The van der Waals surface area contributed by atoms with Gasteiger partial charge in [-0.05, 0) is 48.7 Å². The van der Waals surface area contributed by atoms with Crippen LogP contribution in [0.25, 0.3) is 0 Å². The summed E-state index contributed by atoms with van der Waals surface area (Å²) in [5.41, 5.74) is 23.1. The van der Waals surface area contributed by atoms with Gasteiger partial charge in [-0.1, -0.05) is 46.4 Å². The molecule has 1 atom stereocenters.